The van der Waals surface area contributed by atoms with E-state index < -0.39 is 5.82 Å². The van der Waals surface area contributed by atoms with Crippen molar-refractivity contribution in [3.8, 4) is 0 Å². The molecule has 6 nitrogen and oxygen atoms in total. The third-order valence-corrected chi connectivity index (χ3v) is 2.17. The number of anilines is 2. The fraction of sp³-hybridized carbons (Fsp3) is 0.300. The van der Waals surface area contributed by atoms with Crippen LogP contribution in [-0.4, -0.2) is 26.8 Å². The molecular formula is C10H13FN6. The molecule has 2 aromatic heterocycles. The standard InChI is InChI=1S/C10H13FN6/c1-12-10-14-6-8(11)9(15-10)13-5-7-3-4-17(2)16-7/h3-4,6H,5H2,1-2H3,(H2,12,13,14,15). The highest BCUT2D eigenvalue weighted by Gasteiger charge is 2.06. The van der Waals surface area contributed by atoms with Crippen LogP contribution in [0.15, 0.2) is 18.5 Å². The highest BCUT2D eigenvalue weighted by atomic mass is 19.1. The lowest BCUT2D eigenvalue weighted by Crippen LogP contribution is -2.07. The summed E-state index contributed by atoms with van der Waals surface area (Å²) >= 11 is 0. The smallest absolute Gasteiger partial charge is 0.224 e. The Labute approximate surface area is 97.9 Å². The molecule has 0 radical (unpaired) electrons. The van der Waals surface area contributed by atoms with E-state index in [0.29, 0.717) is 12.5 Å². The molecule has 0 saturated carbocycles. The Morgan fingerprint density at radius 2 is 2.29 bits per heavy atom. The van der Waals surface area contributed by atoms with Crippen LogP contribution in [0.2, 0.25) is 0 Å². The molecule has 0 saturated heterocycles. The van der Waals surface area contributed by atoms with Gasteiger partial charge in [-0.2, -0.15) is 10.1 Å². The van der Waals surface area contributed by atoms with Gasteiger partial charge >= 0.3 is 0 Å². The minimum atomic E-state index is -0.486. The van der Waals surface area contributed by atoms with E-state index in [1.807, 2.05) is 19.3 Å². The summed E-state index contributed by atoms with van der Waals surface area (Å²) in [6.07, 6.45) is 2.95. The summed E-state index contributed by atoms with van der Waals surface area (Å²) in [6, 6.07) is 1.85. The first-order valence-electron chi connectivity index (χ1n) is 5.11. The maximum atomic E-state index is 13.4. The van der Waals surface area contributed by atoms with Gasteiger partial charge in [0.2, 0.25) is 5.95 Å². The predicted octanol–water partition coefficient (Wildman–Crippen LogP) is 1.00. The quantitative estimate of drug-likeness (QED) is 0.829. The Morgan fingerprint density at radius 1 is 1.47 bits per heavy atom. The van der Waals surface area contributed by atoms with Crippen LogP contribution in [0, 0.1) is 5.82 Å². The summed E-state index contributed by atoms with van der Waals surface area (Å²) < 4.78 is 15.1. The lowest BCUT2D eigenvalue weighted by molar-refractivity contribution is 0.617. The molecule has 2 heterocycles. The van der Waals surface area contributed by atoms with Crippen molar-refractivity contribution in [1.82, 2.24) is 19.7 Å². The van der Waals surface area contributed by atoms with Crippen molar-refractivity contribution in [1.29, 1.82) is 0 Å². The third kappa shape index (κ3) is 2.68. The molecule has 2 aromatic rings. The van der Waals surface area contributed by atoms with E-state index in [1.54, 1.807) is 11.7 Å². The number of aromatic nitrogens is 4. The number of aryl methyl sites for hydroxylation is 1. The van der Waals surface area contributed by atoms with Gasteiger partial charge in [0.1, 0.15) is 0 Å². The maximum Gasteiger partial charge on any atom is 0.224 e. The van der Waals surface area contributed by atoms with Gasteiger partial charge in [-0.3, -0.25) is 4.68 Å². The monoisotopic (exact) mass is 236 g/mol. The van der Waals surface area contributed by atoms with Gasteiger partial charge < -0.3 is 10.6 Å². The second-order valence-electron chi connectivity index (χ2n) is 3.47. The molecule has 90 valence electrons. The molecule has 0 aromatic carbocycles. The Kier molecular flexibility index (Phi) is 3.17. The SMILES string of the molecule is CNc1ncc(F)c(NCc2ccn(C)n2)n1. The van der Waals surface area contributed by atoms with Crippen molar-refractivity contribution >= 4 is 11.8 Å². The first kappa shape index (κ1) is 11.3. The molecule has 0 aliphatic rings. The summed E-state index contributed by atoms with van der Waals surface area (Å²) in [7, 11) is 3.50. The summed E-state index contributed by atoms with van der Waals surface area (Å²) in [4.78, 5) is 7.73. The van der Waals surface area contributed by atoms with E-state index in [4.69, 9.17) is 0 Å². The molecule has 0 aliphatic carbocycles. The van der Waals surface area contributed by atoms with Crippen molar-refractivity contribution in [3.63, 3.8) is 0 Å². The van der Waals surface area contributed by atoms with Crippen LogP contribution in [-0.2, 0) is 13.6 Å². The molecule has 0 spiro atoms. The normalized spacial score (nSPS) is 10.3. The molecular weight excluding hydrogens is 223 g/mol. The van der Waals surface area contributed by atoms with Gasteiger partial charge in [0.25, 0.3) is 0 Å². The molecule has 17 heavy (non-hydrogen) atoms. The number of hydrogen-bond acceptors (Lipinski definition) is 5. The predicted molar refractivity (Wildman–Crippen MR) is 62.1 cm³/mol. The lowest BCUT2D eigenvalue weighted by atomic mass is 10.4. The van der Waals surface area contributed by atoms with Gasteiger partial charge in [0, 0.05) is 20.3 Å². The zero-order chi connectivity index (χ0) is 12.3. The van der Waals surface area contributed by atoms with E-state index in [9.17, 15) is 4.39 Å². The van der Waals surface area contributed by atoms with Crippen LogP contribution in [0.4, 0.5) is 16.2 Å². The zero-order valence-electron chi connectivity index (χ0n) is 9.61. The van der Waals surface area contributed by atoms with Crippen LogP contribution in [0.25, 0.3) is 0 Å². The molecule has 0 atom stereocenters. The fourth-order valence-electron chi connectivity index (χ4n) is 1.34. The third-order valence-electron chi connectivity index (χ3n) is 2.17. The van der Waals surface area contributed by atoms with Crippen LogP contribution >= 0.6 is 0 Å². The lowest BCUT2D eigenvalue weighted by Gasteiger charge is -2.06. The van der Waals surface area contributed by atoms with Crippen molar-refractivity contribution in [2.45, 2.75) is 6.54 Å². The van der Waals surface area contributed by atoms with Gasteiger partial charge in [0.15, 0.2) is 11.6 Å². The minimum Gasteiger partial charge on any atom is -0.362 e. The van der Waals surface area contributed by atoms with Crippen molar-refractivity contribution in [2.24, 2.45) is 7.05 Å². The Hall–Kier alpha value is -2.18. The fourth-order valence-corrected chi connectivity index (χ4v) is 1.34. The van der Waals surface area contributed by atoms with Crippen molar-refractivity contribution in [2.75, 3.05) is 17.7 Å². The van der Waals surface area contributed by atoms with Crippen LogP contribution in [0.5, 0.6) is 0 Å². The summed E-state index contributed by atoms with van der Waals surface area (Å²) in [5.74, 6) is 0.0462. The Morgan fingerprint density at radius 3 is 2.94 bits per heavy atom. The summed E-state index contributed by atoms with van der Waals surface area (Å²) in [5.41, 5.74) is 0.816. The minimum absolute atomic E-state index is 0.162. The second kappa shape index (κ2) is 4.77. The van der Waals surface area contributed by atoms with Gasteiger partial charge in [-0.05, 0) is 6.07 Å². The highest BCUT2D eigenvalue weighted by molar-refractivity contribution is 5.40. The molecule has 0 amide bonds. The first-order valence-corrected chi connectivity index (χ1v) is 5.11. The number of nitrogens with zero attached hydrogens (tertiary/aromatic N) is 4. The van der Waals surface area contributed by atoms with Gasteiger partial charge in [0.05, 0.1) is 18.4 Å². The maximum absolute atomic E-state index is 13.4. The molecule has 2 rings (SSSR count). The van der Waals surface area contributed by atoms with Gasteiger partial charge in [-0.1, -0.05) is 0 Å². The largest absolute Gasteiger partial charge is 0.362 e. The molecule has 0 fully saturated rings. The van der Waals surface area contributed by atoms with E-state index in [0.717, 1.165) is 11.9 Å². The van der Waals surface area contributed by atoms with Crippen LogP contribution in [0.1, 0.15) is 5.69 Å². The van der Waals surface area contributed by atoms with Gasteiger partial charge in [-0.15, -0.1) is 0 Å². The van der Waals surface area contributed by atoms with E-state index >= 15 is 0 Å². The number of rotatable bonds is 4. The van der Waals surface area contributed by atoms with E-state index in [1.165, 1.54) is 0 Å². The summed E-state index contributed by atoms with van der Waals surface area (Å²) in [6.45, 7) is 0.415. The number of nitrogens with one attached hydrogen (secondary N) is 2. The molecule has 0 aliphatic heterocycles. The summed E-state index contributed by atoms with van der Waals surface area (Å²) in [5, 5.41) is 9.79. The Balaban J connectivity index is 2.07. The number of hydrogen-bond donors (Lipinski definition) is 2. The first-order chi connectivity index (χ1) is 8.19. The Bertz CT molecular complexity index is 509. The van der Waals surface area contributed by atoms with Gasteiger partial charge in [-0.25, -0.2) is 9.37 Å². The second-order valence-corrected chi connectivity index (χ2v) is 3.47. The van der Waals surface area contributed by atoms with E-state index in [-0.39, 0.29) is 5.82 Å². The topological polar surface area (TPSA) is 67.7 Å². The van der Waals surface area contributed by atoms with Crippen molar-refractivity contribution in [3.05, 3.63) is 30.0 Å². The average molecular weight is 236 g/mol. The molecule has 2 N–H and O–H groups in total. The zero-order valence-corrected chi connectivity index (χ0v) is 9.61. The number of halogens is 1. The van der Waals surface area contributed by atoms with Crippen molar-refractivity contribution < 1.29 is 4.39 Å². The molecule has 0 bridgehead atoms. The molecule has 0 unspecified atom stereocenters. The average Bonchev–Trinajstić information content (AvgIpc) is 2.74. The van der Waals surface area contributed by atoms with Crippen LogP contribution < -0.4 is 10.6 Å². The van der Waals surface area contributed by atoms with E-state index in [2.05, 4.69) is 25.7 Å². The highest BCUT2D eigenvalue weighted by Crippen LogP contribution is 2.12. The van der Waals surface area contributed by atoms with Crippen LogP contribution in [0.3, 0.4) is 0 Å². The molecule has 7 heteroatoms.